The summed E-state index contributed by atoms with van der Waals surface area (Å²) in [6, 6.07) is 2.07. The fraction of sp³-hybridized carbons (Fsp3) is 0.545. The molecule has 2 unspecified atom stereocenters. The highest BCUT2D eigenvalue weighted by Gasteiger charge is 2.18. The fourth-order valence-corrected chi connectivity index (χ4v) is 3.17. The molecule has 0 fully saturated rings. The molecule has 0 bridgehead atoms. The third-order valence-corrected chi connectivity index (χ3v) is 4.20. The van der Waals surface area contributed by atoms with Crippen LogP contribution in [0.15, 0.2) is 16.8 Å². The average Bonchev–Trinajstić information content (AvgIpc) is 2.71. The van der Waals surface area contributed by atoms with Gasteiger partial charge in [-0.15, -0.1) is 11.8 Å². The molecule has 0 aliphatic heterocycles. The maximum atomic E-state index is 11.3. The van der Waals surface area contributed by atoms with Crippen LogP contribution in [0.2, 0.25) is 0 Å². The third-order valence-electron chi connectivity index (χ3n) is 2.04. The molecule has 0 spiro atoms. The SMILES string of the molecule is CCOC(=O)CSC(c1ccsc1)C(C)N. The molecule has 1 rings (SSSR count). The number of thioether (sulfide) groups is 1. The van der Waals surface area contributed by atoms with Crippen LogP contribution in [0, 0.1) is 0 Å². The monoisotopic (exact) mass is 259 g/mol. The molecule has 5 heteroatoms. The normalized spacial score (nSPS) is 14.4. The second-order valence-corrected chi connectivity index (χ2v) is 5.36. The smallest absolute Gasteiger partial charge is 0.315 e. The molecular formula is C11H17NO2S2. The van der Waals surface area contributed by atoms with Crippen LogP contribution in [0.25, 0.3) is 0 Å². The lowest BCUT2D eigenvalue weighted by Crippen LogP contribution is -2.23. The number of nitrogens with two attached hydrogens (primary N) is 1. The Morgan fingerprint density at radius 1 is 1.69 bits per heavy atom. The molecule has 0 amide bonds. The Kier molecular flexibility index (Phi) is 5.87. The van der Waals surface area contributed by atoms with Crippen LogP contribution in [0.4, 0.5) is 0 Å². The summed E-state index contributed by atoms with van der Waals surface area (Å²) in [5.41, 5.74) is 7.11. The van der Waals surface area contributed by atoms with Crippen molar-refractivity contribution in [2.45, 2.75) is 25.1 Å². The minimum absolute atomic E-state index is 0.0222. The van der Waals surface area contributed by atoms with Crippen molar-refractivity contribution in [1.82, 2.24) is 0 Å². The summed E-state index contributed by atoms with van der Waals surface area (Å²) in [5, 5.41) is 4.26. The van der Waals surface area contributed by atoms with E-state index in [-0.39, 0.29) is 17.3 Å². The van der Waals surface area contributed by atoms with Gasteiger partial charge in [0.2, 0.25) is 0 Å². The van der Waals surface area contributed by atoms with Gasteiger partial charge >= 0.3 is 5.97 Å². The van der Waals surface area contributed by atoms with Crippen molar-refractivity contribution in [3.05, 3.63) is 22.4 Å². The van der Waals surface area contributed by atoms with Gasteiger partial charge in [0.15, 0.2) is 0 Å². The molecular weight excluding hydrogens is 242 g/mol. The van der Waals surface area contributed by atoms with Crippen molar-refractivity contribution >= 4 is 29.1 Å². The van der Waals surface area contributed by atoms with Crippen LogP contribution in [-0.4, -0.2) is 24.4 Å². The number of carbonyl (C=O) groups excluding carboxylic acids is 1. The molecule has 0 aliphatic carbocycles. The van der Waals surface area contributed by atoms with Crippen LogP contribution in [0.1, 0.15) is 24.7 Å². The highest BCUT2D eigenvalue weighted by Crippen LogP contribution is 2.32. The topological polar surface area (TPSA) is 52.3 Å². The Balaban J connectivity index is 2.50. The highest BCUT2D eigenvalue weighted by molar-refractivity contribution is 8.00. The lowest BCUT2D eigenvalue weighted by atomic mass is 10.1. The molecule has 2 atom stereocenters. The number of rotatable bonds is 6. The first kappa shape index (κ1) is 13.5. The molecule has 1 aromatic heterocycles. The zero-order valence-corrected chi connectivity index (χ0v) is 11.1. The Bertz CT molecular complexity index is 312. The lowest BCUT2D eigenvalue weighted by molar-refractivity contribution is -0.139. The predicted octanol–water partition coefficient (Wildman–Crippen LogP) is 2.43. The van der Waals surface area contributed by atoms with Crippen molar-refractivity contribution in [1.29, 1.82) is 0 Å². The maximum absolute atomic E-state index is 11.3. The number of hydrogen-bond acceptors (Lipinski definition) is 5. The van der Waals surface area contributed by atoms with Gasteiger partial charge in [-0.25, -0.2) is 0 Å². The van der Waals surface area contributed by atoms with Crippen molar-refractivity contribution in [3.8, 4) is 0 Å². The molecule has 0 aromatic carbocycles. The first-order valence-electron chi connectivity index (χ1n) is 5.20. The second kappa shape index (κ2) is 6.93. The summed E-state index contributed by atoms with van der Waals surface area (Å²) in [5.74, 6) is 0.184. The summed E-state index contributed by atoms with van der Waals surface area (Å²) in [7, 11) is 0. The number of esters is 1. The minimum atomic E-state index is -0.173. The van der Waals surface area contributed by atoms with Crippen LogP contribution in [-0.2, 0) is 9.53 Å². The summed E-state index contributed by atoms with van der Waals surface area (Å²) >= 11 is 3.19. The number of carbonyl (C=O) groups is 1. The van der Waals surface area contributed by atoms with Crippen molar-refractivity contribution in [3.63, 3.8) is 0 Å². The summed E-state index contributed by atoms with van der Waals surface area (Å²) < 4.78 is 4.89. The number of thiophene rings is 1. The number of ether oxygens (including phenoxy) is 1. The van der Waals surface area contributed by atoms with E-state index < -0.39 is 0 Å². The molecule has 1 aromatic rings. The van der Waals surface area contributed by atoms with E-state index in [1.54, 1.807) is 23.1 Å². The van der Waals surface area contributed by atoms with Gasteiger partial charge in [-0.1, -0.05) is 0 Å². The van der Waals surface area contributed by atoms with E-state index in [2.05, 4.69) is 11.4 Å². The molecule has 16 heavy (non-hydrogen) atoms. The van der Waals surface area contributed by atoms with Gasteiger partial charge in [-0.3, -0.25) is 4.79 Å². The molecule has 0 aliphatic rings. The largest absolute Gasteiger partial charge is 0.465 e. The van der Waals surface area contributed by atoms with Gasteiger partial charge in [-0.2, -0.15) is 11.3 Å². The van der Waals surface area contributed by atoms with Crippen LogP contribution in [0.5, 0.6) is 0 Å². The quantitative estimate of drug-likeness (QED) is 0.797. The van der Waals surface area contributed by atoms with E-state index >= 15 is 0 Å². The Labute approximate surface area is 104 Å². The summed E-state index contributed by atoms with van der Waals surface area (Å²) in [6.45, 7) is 4.20. The Morgan fingerprint density at radius 3 is 2.94 bits per heavy atom. The Morgan fingerprint density at radius 2 is 2.44 bits per heavy atom. The standard InChI is InChI=1S/C11H17NO2S2/c1-3-14-10(13)7-16-11(8(2)12)9-4-5-15-6-9/h4-6,8,11H,3,7,12H2,1-2H3. The summed E-state index contributed by atoms with van der Waals surface area (Å²) in [6.07, 6.45) is 0. The van der Waals surface area contributed by atoms with E-state index in [0.29, 0.717) is 12.4 Å². The average molecular weight is 259 g/mol. The maximum Gasteiger partial charge on any atom is 0.315 e. The van der Waals surface area contributed by atoms with E-state index in [0.717, 1.165) is 0 Å². The van der Waals surface area contributed by atoms with Gasteiger partial charge in [-0.05, 0) is 36.2 Å². The van der Waals surface area contributed by atoms with Crippen LogP contribution < -0.4 is 5.73 Å². The molecule has 1 heterocycles. The van der Waals surface area contributed by atoms with Crippen LogP contribution in [0.3, 0.4) is 0 Å². The van der Waals surface area contributed by atoms with Crippen molar-refractivity contribution in [2.24, 2.45) is 5.73 Å². The Hall–Kier alpha value is -0.520. The van der Waals surface area contributed by atoms with Gasteiger partial charge in [0.05, 0.1) is 12.4 Å². The van der Waals surface area contributed by atoms with Gasteiger partial charge in [0.1, 0.15) is 0 Å². The molecule has 2 N–H and O–H groups in total. The molecule has 90 valence electrons. The number of hydrogen-bond donors (Lipinski definition) is 1. The highest BCUT2D eigenvalue weighted by atomic mass is 32.2. The first-order valence-corrected chi connectivity index (χ1v) is 7.19. The molecule has 3 nitrogen and oxygen atoms in total. The van der Waals surface area contributed by atoms with Crippen molar-refractivity contribution in [2.75, 3.05) is 12.4 Å². The van der Waals surface area contributed by atoms with Crippen LogP contribution >= 0.6 is 23.1 Å². The molecule has 0 saturated carbocycles. The predicted molar refractivity (Wildman–Crippen MR) is 69.8 cm³/mol. The third kappa shape index (κ3) is 4.15. The van der Waals surface area contributed by atoms with Crippen molar-refractivity contribution < 1.29 is 9.53 Å². The van der Waals surface area contributed by atoms with Gasteiger partial charge in [0, 0.05) is 11.3 Å². The van der Waals surface area contributed by atoms with Gasteiger partial charge < -0.3 is 10.5 Å². The van der Waals surface area contributed by atoms with E-state index in [4.69, 9.17) is 10.5 Å². The molecule has 0 saturated heterocycles. The fourth-order valence-electron chi connectivity index (χ4n) is 1.35. The van der Waals surface area contributed by atoms with E-state index in [9.17, 15) is 4.79 Å². The first-order chi connectivity index (χ1) is 7.65. The van der Waals surface area contributed by atoms with E-state index in [1.165, 1.54) is 5.56 Å². The van der Waals surface area contributed by atoms with Gasteiger partial charge in [0.25, 0.3) is 0 Å². The molecule has 0 radical (unpaired) electrons. The minimum Gasteiger partial charge on any atom is -0.465 e. The zero-order chi connectivity index (χ0) is 12.0. The second-order valence-electron chi connectivity index (χ2n) is 3.45. The lowest BCUT2D eigenvalue weighted by Gasteiger charge is -2.18. The van der Waals surface area contributed by atoms with E-state index in [1.807, 2.05) is 19.2 Å². The zero-order valence-electron chi connectivity index (χ0n) is 9.51. The summed E-state index contributed by atoms with van der Waals surface area (Å²) in [4.78, 5) is 11.3.